The molecular weight excluding hydrogens is 1250 g/mol. The number of carbonyl (C=O) groups is 5. The van der Waals surface area contributed by atoms with Gasteiger partial charge in [-0.2, -0.15) is 0 Å². The molecule has 1 saturated heterocycles. The van der Waals surface area contributed by atoms with Crippen LogP contribution in [0.15, 0.2) is 257 Å². The maximum atomic E-state index is 15.3. The number of carboxylic acids is 1. The minimum absolute atomic E-state index is 0.0357. The molecule has 2 aliphatic rings. The smallest absolute Gasteiger partial charge is 0.356 e. The Morgan fingerprint density at radius 3 is 1.66 bits per heavy atom. The number of ether oxygens (including phenoxy) is 2. The van der Waals surface area contributed by atoms with Crippen molar-refractivity contribution in [2.75, 3.05) is 16.8 Å². The monoisotopic (exact) mass is 1310 g/mol. The number of aromatic nitrogens is 2. The maximum Gasteiger partial charge on any atom is 0.356 e. The van der Waals surface area contributed by atoms with E-state index in [9.17, 15) is 24.9 Å². The van der Waals surface area contributed by atoms with Gasteiger partial charge in [0.15, 0.2) is 44.6 Å². The van der Waals surface area contributed by atoms with Crippen LogP contribution in [0.3, 0.4) is 0 Å². The van der Waals surface area contributed by atoms with Crippen LogP contribution in [0.1, 0.15) is 81.2 Å². The summed E-state index contributed by atoms with van der Waals surface area (Å²) in [5.74, 6) is -5.13. The zero-order valence-electron chi connectivity index (χ0n) is 49.8. The Hall–Kier alpha value is -10.3. The van der Waals surface area contributed by atoms with Crippen LogP contribution in [0, 0.1) is 0 Å². The van der Waals surface area contributed by atoms with Crippen LogP contribution < -0.4 is 10.6 Å². The number of anilines is 1. The molecule has 0 saturated carbocycles. The van der Waals surface area contributed by atoms with Crippen LogP contribution in [0.5, 0.6) is 11.5 Å². The average molecular weight is 1310 g/mol. The average Bonchev–Trinajstić information content (AvgIpc) is 1.06. The number of carboxylic acid groups (broad SMARTS) is 1. The van der Waals surface area contributed by atoms with E-state index in [1.165, 1.54) is 60.0 Å². The largest absolute Gasteiger partial charge is 0.504 e. The SMILES string of the molecule is CC(C)(O/N=C(/C(=O)N[C@@H]1C(=O)N2C(C(=O)OC(c3ccccc3)c3ccccc3)=C(CSc3nc(C(=O)O)c(-c4ccc(O)c(O)c4)s3)CS[C@H]12)c1csc(NC(c2ccccc2)(c2ccccc2)c2ccccc2)n1)C(=O)OC(c1ccccc1)c1ccccc1. The van der Waals surface area contributed by atoms with Gasteiger partial charge in [-0.1, -0.05) is 229 Å². The molecule has 2 aromatic heterocycles. The van der Waals surface area contributed by atoms with Gasteiger partial charge in [0.25, 0.3) is 11.8 Å². The first-order valence-corrected chi connectivity index (χ1v) is 33.1. The normalized spacial score (nSPS) is 14.9. The molecule has 4 heterocycles. The zero-order chi connectivity index (χ0) is 64.6. The van der Waals surface area contributed by atoms with Gasteiger partial charge in [0.2, 0.25) is 5.60 Å². The summed E-state index contributed by atoms with van der Waals surface area (Å²) in [7, 11) is 0. The summed E-state index contributed by atoms with van der Waals surface area (Å²) in [5.41, 5.74) is 2.64. The van der Waals surface area contributed by atoms with Gasteiger partial charge in [-0.3, -0.25) is 14.5 Å². The number of carbonyl (C=O) groups excluding carboxylic acids is 4. The number of oxime groups is 1. The molecule has 0 bridgehead atoms. The number of benzene rings is 8. The third kappa shape index (κ3) is 13.4. The van der Waals surface area contributed by atoms with Crippen LogP contribution in [0.4, 0.5) is 5.13 Å². The fraction of sp³-hybridized carbons (Fsp3) is 0.139. The molecule has 0 spiro atoms. The van der Waals surface area contributed by atoms with Crippen molar-refractivity contribution in [1.29, 1.82) is 0 Å². The molecule has 12 rings (SSSR count). The summed E-state index contributed by atoms with van der Waals surface area (Å²) in [5, 5.41) is 42.8. The Morgan fingerprint density at radius 1 is 0.667 bits per heavy atom. The molecule has 466 valence electrons. The standard InChI is InChI=1S/C72H58N6O11S4/c1-71(2,68(86)88-61(46-28-14-5-15-29-46)47-30-16-6-17-31-47)89-77-56(53-43-91-69(73-53)76-72(50-32-18-7-19-33-50,51-34-20-8-21-35-51)52-36-22-9-23-37-52)63(81)74-58-64(82)78-59(67(85)87-60(44-24-10-3-11-25-44)45-26-12-4-13-27-45)49(41-90-65(58)78)42-92-70-75-57(66(83)84)62(93-70)48-38-39-54(79)55(80)40-48/h3-40,43,58,60-61,65,79-80H,41-42H2,1-2H3,(H,73,76)(H,74,81)(H,83,84)/b77-56+/t58-,65-/m1/s1. The minimum atomic E-state index is -1.83. The van der Waals surface area contributed by atoms with Crippen LogP contribution in [-0.4, -0.2) is 94.1 Å². The van der Waals surface area contributed by atoms with Crippen molar-refractivity contribution < 1.29 is 53.6 Å². The zero-order valence-corrected chi connectivity index (χ0v) is 53.0. The van der Waals surface area contributed by atoms with Gasteiger partial charge in [-0.15, -0.1) is 34.4 Å². The Balaban J connectivity index is 0.884. The number of esters is 2. The summed E-state index contributed by atoms with van der Waals surface area (Å²) in [6.45, 7) is 2.94. The molecule has 1 fully saturated rings. The number of aromatic carboxylic acids is 1. The van der Waals surface area contributed by atoms with Crippen LogP contribution in [0.25, 0.3) is 10.4 Å². The van der Waals surface area contributed by atoms with E-state index in [-0.39, 0.29) is 44.9 Å². The number of fused-ring (bicyclic) bond motifs is 1. The highest BCUT2D eigenvalue weighted by Crippen LogP contribution is 2.46. The summed E-state index contributed by atoms with van der Waals surface area (Å²) in [6, 6.07) is 69.2. The number of hydrogen-bond donors (Lipinski definition) is 5. The number of nitrogens with zero attached hydrogens (tertiary/aromatic N) is 4. The predicted molar refractivity (Wildman–Crippen MR) is 359 cm³/mol. The second-order valence-electron chi connectivity index (χ2n) is 22.0. The first kappa shape index (κ1) is 62.9. The number of rotatable bonds is 23. The lowest BCUT2D eigenvalue weighted by molar-refractivity contribution is -0.172. The molecule has 17 nitrogen and oxygen atoms in total. The van der Waals surface area contributed by atoms with Gasteiger partial charge in [0.1, 0.15) is 28.3 Å². The van der Waals surface area contributed by atoms with E-state index < -0.39 is 70.2 Å². The van der Waals surface area contributed by atoms with Gasteiger partial charge in [0.05, 0.1) is 4.88 Å². The van der Waals surface area contributed by atoms with E-state index in [1.807, 2.05) is 212 Å². The molecule has 2 aliphatic heterocycles. The lowest BCUT2D eigenvalue weighted by Crippen LogP contribution is -2.71. The molecule has 0 aliphatic carbocycles. The summed E-state index contributed by atoms with van der Waals surface area (Å²) < 4.78 is 13.0. The van der Waals surface area contributed by atoms with Crippen LogP contribution >= 0.6 is 46.2 Å². The number of thiazole rings is 2. The van der Waals surface area contributed by atoms with Crippen molar-refractivity contribution in [3.63, 3.8) is 0 Å². The lowest BCUT2D eigenvalue weighted by atomic mass is 9.77. The Bertz CT molecular complexity index is 4230. The highest BCUT2D eigenvalue weighted by molar-refractivity contribution is 8.02. The van der Waals surface area contributed by atoms with Crippen molar-refractivity contribution in [3.05, 3.63) is 298 Å². The number of nitrogens with one attached hydrogen (secondary N) is 2. The van der Waals surface area contributed by atoms with Crippen molar-refractivity contribution in [2.45, 2.75) is 53.0 Å². The second kappa shape index (κ2) is 27.6. The van der Waals surface area contributed by atoms with Crippen LogP contribution in [0.2, 0.25) is 0 Å². The van der Waals surface area contributed by atoms with E-state index in [2.05, 4.69) is 20.8 Å². The Morgan fingerprint density at radius 2 is 1.16 bits per heavy atom. The van der Waals surface area contributed by atoms with Gasteiger partial charge < -0.3 is 40.3 Å². The molecule has 2 amide bonds. The molecule has 21 heteroatoms. The summed E-state index contributed by atoms with van der Waals surface area (Å²) in [4.78, 5) is 89.7. The number of aromatic hydroxyl groups is 2. The molecule has 93 heavy (non-hydrogen) atoms. The fourth-order valence-electron chi connectivity index (χ4n) is 10.9. The minimum Gasteiger partial charge on any atom is -0.504 e. The van der Waals surface area contributed by atoms with E-state index in [4.69, 9.17) is 19.3 Å². The van der Waals surface area contributed by atoms with Crippen LogP contribution in [-0.2, 0) is 39.0 Å². The second-order valence-corrected chi connectivity index (χ2v) is 26.2. The first-order valence-electron chi connectivity index (χ1n) is 29.3. The van der Waals surface area contributed by atoms with Gasteiger partial charge in [-0.25, -0.2) is 24.4 Å². The highest BCUT2D eigenvalue weighted by atomic mass is 32.2. The van der Waals surface area contributed by atoms with E-state index in [0.29, 0.717) is 42.9 Å². The predicted octanol–water partition coefficient (Wildman–Crippen LogP) is 13.4. The number of amides is 2. The topological polar surface area (TPSA) is 239 Å². The molecule has 8 aromatic carbocycles. The quantitative estimate of drug-likeness (QED) is 0.00761. The number of β-lactam (4-membered cyclic amide) rings is 1. The van der Waals surface area contributed by atoms with E-state index in [0.717, 1.165) is 39.8 Å². The fourth-order valence-corrected chi connectivity index (χ4v) is 15.2. The molecule has 5 N–H and O–H groups in total. The molecule has 10 aromatic rings. The summed E-state index contributed by atoms with van der Waals surface area (Å²) >= 11 is 4.66. The van der Waals surface area contributed by atoms with Gasteiger partial charge >= 0.3 is 17.9 Å². The molecule has 0 unspecified atom stereocenters. The van der Waals surface area contributed by atoms with Gasteiger partial charge in [0, 0.05) is 16.9 Å². The van der Waals surface area contributed by atoms with Crippen molar-refractivity contribution in [2.24, 2.45) is 5.16 Å². The third-order valence-corrected chi connectivity index (χ3v) is 20.0. The number of thioether (sulfide) groups is 2. The molecular formula is C72H58N6O11S4. The van der Waals surface area contributed by atoms with Crippen molar-refractivity contribution in [3.8, 4) is 21.9 Å². The summed E-state index contributed by atoms with van der Waals surface area (Å²) in [6.07, 6.45) is -1.75. The van der Waals surface area contributed by atoms with E-state index in [1.54, 1.807) is 5.38 Å². The van der Waals surface area contributed by atoms with Crippen molar-refractivity contribution in [1.82, 2.24) is 20.2 Å². The van der Waals surface area contributed by atoms with Gasteiger partial charge in [-0.05, 0) is 82.1 Å². The van der Waals surface area contributed by atoms with E-state index >= 15 is 14.4 Å². The lowest BCUT2D eigenvalue weighted by Gasteiger charge is -2.49. The maximum absolute atomic E-state index is 15.3. The highest BCUT2D eigenvalue weighted by Gasteiger charge is 2.55. The van der Waals surface area contributed by atoms with Crippen molar-refractivity contribution >= 4 is 86.8 Å². The molecule has 2 atom stereocenters. The Kier molecular flexibility index (Phi) is 18.7. The number of phenols is 2. The number of hydrogen-bond acceptors (Lipinski definition) is 18. The number of phenolic OH excluding ortho intramolecular Hbond substituents is 2. The Labute approximate surface area is 551 Å². The molecule has 0 radical (unpaired) electrons. The third-order valence-electron chi connectivity index (χ3n) is 15.5. The first-order chi connectivity index (χ1) is 45.2.